The largest absolute Gasteiger partial charge is 0.477 e. The Morgan fingerprint density at radius 1 is 1.12 bits per heavy atom. The molecular formula is C12H13BrN2O. The average Bonchev–Trinajstić information content (AvgIpc) is 2.35. The highest BCUT2D eigenvalue weighted by Crippen LogP contribution is 2.20. The van der Waals surface area contributed by atoms with Crippen LogP contribution in [0.15, 0.2) is 30.6 Å². The molecule has 2 aromatic rings. The molecule has 84 valence electrons. The molecule has 4 heteroatoms. The third kappa shape index (κ3) is 2.70. The first kappa shape index (κ1) is 11.3. The molecule has 0 bridgehead atoms. The highest BCUT2D eigenvalue weighted by Gasteiger charge is 2.02. The van der Waals surface area contributed by atoms with Gasteiger partial charge in [-0.2, -0.15) is 0 Å². The number of hydrogen-bond donors (Lipinski definition) is 0. The summed E-state index contributed by atoms with van der Waals surface area (Å²) in [5, 5.41) is 1.99. The highest BCUT2D eigenvalue weighted by atomic mass is 79.9. The molecule has 2 rings (SSSR count). The minimum atomic E-state index is 0.681. The second kappa shape index (κ2) is 5.80. The van der Waals surface area contributed by atoms with Crippen LogP contribution in [-0.2, 0) is 0 Å². The van der Waals surface area contributed by atoms with E-state index in [2.05, 4.69) is 25.9 Å². The maximum atomic E-state index is 5.65. The van der Waals surface area contributed by atoms with Crippen LogP contribution in [0.2, 0.25) is 0 Å². The fourth-order valence-electron chi connectivity index (χ4n) is 1.46. The molecule has 0 unspecified atom stereocenters. The van der Waals surface area contributed by atoms with E-state index in [1.54, 1.807) is 6.33 Å². The third-order valence-corrected chi connectivity index (χ3v) is 2.83. The molecule has 1 heterocycles. The van der Waals surface area contributed by atoms with Crippen LogP contribution in [0.5, 0.6) is 5.88 Å². The van der Waals surface area contributed by atoms with Gasteiger partial charge in [-0.3, -0.25) is 0 Å². The minimum absolute atomic E-state index is 0.681. The van der Waals surface area contributed by atoms with Crippen molar-refractivity contribution in [3.8, 4) is 5.88 Å². The Morgan fingerprint density at radius 3 is 2.88 bits per heavy atom. The zero-order valence-corrected chi connectivity index (χ0v) is 10.5. The van der Waals surface area contributed by atoms with E-state index in [1.807, 2.05) is 24.3 Å². The Kier molecular flexibility index (Phi) is 4.10. The monoisotopic (exact) mass is 280 g/mol. The van der Waals surface area contributed by atoms with Gasteiger partial charge in [-0.05, 0) is 25.0 Å². The average molecular weight is 281 g/mol. The second-order valence-corrected chi connectivity index (χ2v) is 4.23. The van der Waals surface area contributed by atoms with Gasteiger partial charge in [0.15, 0.2) is 0 Å². The van der Waals surface area contributed by atoms with Crippen molar-refractivity contribution < 1.29 is 4.74 Å². The summed E-state index contributed by atoms with van der Waals surface area (Å²) >= 11 is 3.39. The number of fused-ring (bicyclic) bond motifs is 1. The van der Waals surface area contributed by atoms with E-state index < -0.39 is 0 Å². The number of halogens is 1. The lowest BCUT2D eigenvalue weighted by Crippen LogP contribution is -2.00. The zero-order valence-electron chi connectivity index (χ0n) is 8.90. The molecule has 1 aromatic heterocycles. The molecule has 0 fully saturated rings. The fraction of sp³-hybridized carbons (Fsp3) is 0.333. The Balaban J connectivity index is 2.11. The van der Waals surface area contributed by atoms with Crippen molar-refractivity contribution in [1.29, 1.82) is 0 Å². The van der Waals surface area contributed by atoms with Crippen LogP contribution in [0.25, 0.3) is 10.9 Å². The maximum absolute atomic E-state index is 5.65. The summed E-state index contributed by atoms with van der Waals surface area (Å²) in [5.74, 6) is 0.681. The topological polar surface area (TPSA) is 35.0 Å². The Morgan fingerprint density at radius 2 is 2.00 bits per heavy atom. The van der Waals surface area contributed by atoms with Gasteiger partial charge in [0.2, 0.25) is 5.88 Å². The van der Waals surface area contributed by atoms with Crippen LogP contribution < -0.4 is 4.74 Å². The third-order valence-electron chi connectivity index (χ3n) is 2.27. The molecule has 1 aromatic carbocycles. The van der Waals surface area contributed by atoms with Gasteiger partial charge in [-0.1, -0.05) is 28.1 Å². The number of alkyl halides is 1. The summed E-state index contributed by atoms with van der Waals surface area (Å²) in [6.45, 7) is 0.701. The number of unbranched alkanes of at least 4 members (excludes halogenated alkanes) is 1. The Hall–Kier alpha value is -1.16. The van der Waals surface area contributed by atoms with Crippen molar-refractivity contribution in [2.45, 2.75) is 12.8 Å². The summed E-state index contributed by atoms with van der Waals surface area (Å²) in [5.41, 5.74) is 0.924. The van der Waals surface area contributed by atoms with Gasteiger partial charge in [0.1, 0.15) is 6.33 Å². The number of para-hydroxylation sites is 1. The Labute approximate surface area is 103 Å². The lowest BCUT2D eigenvalue weighted by molar-refractivity contribution is 0.302. The molecule has 0 aliphatic carbocycles. The molecule has 0 aliphatic rings. The first-order valence-corrected chi connectivity index (χ1v) is 6.42. The van der Waals surface area contributed by atoms with Crippen LogP contribution in [0.3, 0.4) is 0 Å². The number of aromatic nitrogens is 2. The first-order chi connectivity index (χ1) is 7.92. The smallest absolute Gasteiger partial charge is 0.224 e. The summed E-state index contributed by atoms with van der Waals surface area (Å²) < 4.78 is 5.65. The van der Waals surface area contributed by atoms with Crippen molar-refractivity contribution >= 4 is 26.8 Å². The van der Waals surface area contributed by atoms with Crippen molar-refractivity contribution in [2.75, 3.05) is 11.9 Å². The SMILES string of the molecule is BrCCCCOc1ncnc2ccccc12. The van der Waals surface area contributed by atoms with Gasteiger partial charge >= 0.3 is 0 Å². The summed E-state index contributed by atoms with van der Waals surface area (Å²) in [6, 6.07) is 7.87. The Bertz CT molecular complexity index is 456. The zero-order chi connectivity index (χ0) is 11.2. The van der Waals surface area contributed by atoms with E-state index in [0.717, 1.165) is 29.1 Å². The molecule has 0 spiro atoms. The lowest BCUT2D eigenvalue weighted by atomic mass is 10.2. The normalized spacial score (nSPS) is 10.6. The van der Waals surface area contributed by atoms with Gasteiger partial charge in [0.25, 0.3) is 0 Å². The molecule has 0 amide bonds. The van der Waals surface area contributed by atoms with Crippen molar-refractivity contribution in [1.82, 2.24) is 9.97 Å². The molecule has 0 saturated carbocycles. The highest BCUT2D eigenvalue weighted by molar-refractivity contribution is 9.09. The summed E-state index contributed by atoms with van der Waals surface area (Å²) in [4.78, 5) is 8.35. The van der Waals surface area contributed by atoms with Crippen LogP contribution in [0, 0.1) is 0 Å². The maximum Gasteiger partial charge on any atom is 0.224 e. The van der Waals surface area contributed by atoms with E-state index in [4.69, 9.17) is 4.74 Å². The van der Waals surface area contributed by atoms with Gasteiger partial charge in [-0.15, -0.1) is 0 Å². The second-order valence-electron chi connectivity index (χ2n) is 3.44. The molecule has 0 saturated heterocycles. The molecule has 16 heavy (non-hydrogen) atoms. The van der Waals surface area contributed by atoms with Crippen molar-refractivity contribution in [2.24, 2.45) is 0 Å². The minimum Gasteiger partial charge on any atom is -0.477 e. The van der Waals surface area contributed by atoms with Gasteiger partial charge in [-0.25, -0.2) is 9.97 Å². The predicted molar refractivity (Wildman–Crippen MR) is 68.1 cm³/mol. The van der Waals surface area contributed by atoms with Gasteiger partial charge in [0.05, 0.1) is 17.5 Å². The van der Waals surface area contributed by atoms with Crippen LogP contribution in [0.1, 0.15) is 12.8 Å². The van der Waals surface area contributed by atoms with Crippen LogP contribution in [0.4, 0.5) is 0 Å². The van der Waals surface area contributed by atoms with Crippen molar-refractivity contribution in [3.05, 3.63) is 30.6 Å². The van der Waals surface area contributed by atoms with Crippen LogP contribution >= 0.6 is 15.9 Å². The van der Waals surface area contributed by atoms with Crippen molar-refractivity contribution in [3.63, 3.8) is 0 Å². The number of benzene rings is 1. The summed E-state index contributed by atoms with van der Waals surface area (Å²) in [7, 11) is 0. The molecule has 0 radical (unpaired) electrons. The fourth-order valence-corrected chi connectivity index (χ4v) is 1.86. The molecule has 0 aliphatic heterocycles. The van der Waals surface area contributed by atoms with E-state index in [-0.39, 0.29) is 0 Å². The predicted octanol–water partition coefficient (Wildman–Crippen LogP) is 3.18. The molecule has 0 N–H and O–H groups in total. The van der Waals surface area contributed by atoms with Crippen LogP contribution in [-0.4, -0.2) is 21.9 Å². The van der Waals surface area contributed by atoms with E-state index in [9.17, 15) is 0 Å². The standard InChI is InChI=1S/C12H13BrN2O/c13-7-3-4-8-16-12-10-5-1-2-6-11(10)14-9-15-12/h1-2,5-6,9H,3-4,7-8H2. The molecule has 3 nitrogen and oxygen atoms in total. The van der Waals surface area contributed by atoms with Gasteiger partial charge < -0.3 is 4.74 Å². The van der Waals surface area contributed by atoms with E-state index in [0.29, 0.717) is 12.5 Å². The van der Waals surface area contributed by atoms with Gasteiger partial charge in [0, 0.05) is 5.33 Å². The van der Waals surface area contributed by atoms with E-state index >= 15 is 0 Å². The first-order valence-electron chi connectivity index (χ1n) is 5.30. The number of nitrogens with zero attached hydrogens (tertiary/aromatic N) is 2. The van der Waals surface area contributed by atoms with E-state index in [1.165, 1.54) is 0 Å². The lowest BCUT2D eigenvalue weighted by Gasteiger charge is -2.06. The number of rotatable bonds is 5. The number of ether oxygens (including phenoxy) is 1. The molecular weight excluding hydrogens is 268 g/mol. The summed E-state index contributed by atoms with van der Waals surface area (Å²) in [6.07, 6.45) is 3.69. The number of hydrogen-bond acceptors (Lipinski definition) is 3. The molecule has 0 atom stereocenters. The quantitative estimate of drug-likeness (QED) is 0.623.